The molecule has 0 N–H and O–H groups in total. The molecule has 8 heteroatoms. The lowest BCUT2D eigenvalue weighted by atomic mass is 10.2. The summed E-state index contributed by atoms with van der Waals surface area (Å²) in [5.41, 5.74) is 1.02. The van der Waals surface area contributed by atoms with Crippen molar-refractivity contribution in [2.75, 3.05) is 19.8 Å². The summed E-state index contributed by atoms with van der Waals surface area (Å²) in [7, 11) is -5.51. The lowest BCUT2D eigenvalue weighted by molar-refractivity contribution is -0.144. The van der Waals surface area contributed by atoms with Crippen molar-refractivity contribution in [3.63, 3.8) is 0 Å². The summed E-state index contributed by atoms with van der Waals surface area (Å²) in [6, 6.07) is 7.09. The van der Waals surface area contributed by atoms with Gasteiger partial charge in [-0.05, 0) is 46.2 Å². The van der Waals surface area contributed by atoms with Crippen LogP contribution in [0.2, 0.25) is 0 Å². The van der Waals surface area contributed by atoms with Crippen LogP contribution in [-0.4, -0.2) is 34.5 Å². The maximum Gasteiger partial charge on any atom is 0.350 e. The van der Waals surface area contributed by atoms with E-state index in [-0.39, 0.29) is 26.2 Å². The maximum absolute atomic E-state index is 13.5. The van der Waals surface area contributed by atoms with Crippen LogP contribution in [0.4, 0.5) is 0 Å². The monoisotopic (exact) mass is 388 g/mol. The van der Waals surface area contributed by atoms with Crippen molar-refractivity contribution < 1.29 is 27.4 Å². The maximum atomic E-state index is 13.5. The molecule has 0 spiro atoms. The molecule has 0 aromatic heterocycles. The van der Waals surface area contributed by atoms with Gasteiger partial charge >= 0.3 is 13.6 Å². The third-order valence-electron chi connectivity index (χ3n) is 4.07. The molecule has 0 radical (unpaired) electrons. The van der Waals surface area contributed by atoms with Crippen LogP contribution < -0.4 is 0 Å². The topological polar surface area (TPSA) is 78.9 Å². The molecular weight excluding hydrogens is 363 g/mol. The van der Waals surface area contributed by atoms with Gasteiger partial charge < -0.3 is 13.8 Å². The molecule has 1 saturated carbocycles. The molecule has 2 rings (SSSR count). The third kappa shape index (κ3) is 3.75. The molecule has 1 unspecified atom stereocenters. The average molecular weight is 388 g/mol. The van der Waals surface area contributed by atoms with Crippen molar-refractivity contribution in [1.29, 1.82) is 0 Å². The Bertz CT molecular complexity index is 679. The van der Waals surface area contributed by atoms with Crippen molar-refractivity contribution in [3.05, 3.63) is 29.8 Å². The Balaban J connectivity index is 2.47. The number of benzene rings is 1. The summed E-state index contributed by atoms with van der Waals surface area (Å²) in [5, 5.41) is 0. The minimum absolute atomic E-state index is 0.139. The summed E-state index contributed by atoms with van der Waals surface area (Å²) in [6.07, 6.45) is 0.156. The highest BCUT2D eigenvalue weighted by Gasteiger charge is 2.75. The minimum atomic E-state index is -3.78. The van der Waals surface area contributed by atoms with E-state index < -0.39 is 34.8 Å². The second-order valence-electron chi connectivity index (χ2n) is 5.77. The Morgan fingerprint density at radius 1 is 1.16 bits per heavy atom. The van der Waals surface area contributed by atoms with Gasteiger partial charge in [0.25, 0.3) is 0 Å². The van der Waals surface area contributed by atoms with Gasteiger partial charge in [-0.15, -0.1) is 0 Å². The summed E-state index contributed by atoms with van der Waals surface area (Å²) >= 11 is 0. The van der Waals surface area contributed by atoms with E-state index in [0.717, 1.165) is 5.56 Å². The Morgan fingerprint density at radius 3 is 2.20 bits per heavy atom. The van der Waals surface area contributed by atoms with Crippen LogP contribution in [-0.2, 0) is 33.9 Å². The molecular formula is C17H25O6PS. The normalized spacial score (nSPS) is 23.9. The fourth-order valence-corrected chi connectivity index (χ4v) is 7.81. The number of ether oxygens (including phenoxy) is 1. The lowest BCUT2D eigenvalue weighted by Crippen LogP contribution is -2.27. The summed E-state index contributed by atoms with van der Waals surface area (Å²) in [6.45, 7) is 7.48. The molecule has 0 saturated heterocycles. The van der Waals surface area contributed by atoms with E-state index in [9.17, 15) is 13.6 Å². The van der Waals surface area contributed by atoms with Gasteiger partial charge in [0.1, 0.15) is 0 Å². The zero-order valence-corrected chi connectivity index (χ0v) is 16.7. The molecule has 1 aliphatic rings. The molecule has 1 aromatic carbocycles. The molecule has 25 heavy (non-hydrogen) atoms. The van der Waals surface area contributed by atoms with Crippen LogP contribution in [0, 0.1) is 12.8 Å². The smallest absolute Gasteiger partial charge is 0.350 e. The number of esters is 1. The molecule has 6 nitrogen and oxygen atoms in total. The van der Waals surface area contributed by atoms with E-state index in [0.29, 0.717) is 4.90 Å². The van der Waals surface area contributed by atoms with Gasteiger partial charge in [-0.2, -0.15) is 0 Å². The summed E-state index contributed by atoms with van der Waals surface area (Å²) < 4.78 is 41.4. The molecule has 0 amide bonds. The first-order valence-electron chi connectivity index (χ1n) is 8.40. The standard InChI is InChI=1S/C17H25O6PS/c1-5-21-16(18)15-12-17(15,24(19,22-6-2)23-7-3)25(20)14-10-8-13(4)9-11-14/h8-11,15H,5-7,12H2,1-4H3/t15-,17+,25?/m0/s1. The predicted molar refractivity (Wildman–Crippen MR) is 95.9 cm³/mol. The molecule has 0 bridgehead atoms. The van der Waals surface area contributed by atoms with Crippen molar-refractivity contribution in [1.82, 2.24) is 0 Å². The predicted octanol–water partition coefficient (Wildman–Crippen LogP) is 3.65. The van der Waals surface area contributed by atoms with E-state index in [2.05, 4.69) is 0 Å². The number of carbonyl (C=O) groups excluding carboxylic acids is 1. The van der Waals surface area contributed by atoms with Gasteiger partial charge in [-0.3, -0.25) is 13.6 Å². The quantitative estimate of drug-likeness (QED) is 0.475. The van der Waals surface area contributed by atoms with Gasteiger partial charge in [-0.25, -0.2) is 0 Å². The summed E-state index contributed by atoms with van der Waals surface area (Å²) in [5.74, 6) is -1.28. The van der Waals surface area contributed by atoms with Crippen molar-refractivity contribution in [3.8, 4) is 0 Å². The molecule has 0 aliphatic heterocycles. The van der Waals surface area contributed by atoms with E-state index >= 15 is 0 Å². The Morgan fingerprint density at radius 2 is 1.72 bits per heavy atom. The molecule has 1 fully saturated rings. The SMILES string of the molecule is CCOC(=O)[C@@H]1C[C@]1(S(=O)c1ccc(C)cc1)P(=O)(OCC)OCC. The highest BCUT2D eigenvalue weighted by molar-refractivity contribution is 7.95. The molecule has 1 aliphatic carbocycles. The summed E-state index contributed by atoms with van der Waals surface area (Å²) in [4.78, 5) is 12.8. The number of aryl methyl sites for hydroxylation is 1. The van der Waals surface area contributed by atoms with Gasteiger partial charge in [0.05, 0.1) is 36.5 Å². The zero-order valence-electron chi connectivity index (χ0n) is 15.0. The van der Waals surface area contributed by atoms with E-state index in [1.807, 2.05) is 19.1 Å². The van der Waals surface area contributed by atoms with Crippen LogP contribution in [0.25, 0.3) is 0 Å². The minimum Gasteiger partial charge on any atom is -0.466 e. The number of rotatable bonds is 9. The van der Waals surface area contributed by atoms with E-state index in [4.69, 9.17) is 13.8 Å². The number of hydrogen-bond donors (Lipinski definition) is 0. The molecule has 1 aromatic rings. The van der Waals surface area contributed by atoms with Gasteiger partial charge in [0.15, 0.2) is 4.49 Å². The van der Waals surface area contributed by atoms with Crippen molar-refractivity contribution in [2.45, 2.75) is 43.5 Å². The van der Waals surface area contributed by atoms with Crippen LogP contribution >= 0.6 is 7.60 Å². The van der Waals surface area contributed by atoms with Crippen LogP contribution in [0.1, 0.15) is 32.8 Å². The molecule has 3 atom stereocenters. The highest BCUT2D eigenvalue weighted by Crippen LogP contribution is 2.76. The third-order valence-corrected chi connectivity index (χ3v) is 9.65. The first kappa shape index (κ1) is 20.3. The van der Waals surface area contributed by atoms with E-state index in [1.54, 1.807) is 32.9 Å². The van der Waals surface area contributed by atoms with Crippen LogP contribution in [0.15, 0.2) is 29.2 Å². The first-order valence-corrected chi connectivity index (χ1v) is 11.1. The molecule has 0 heterocycles. The highest BCUT2D eigenvalue weighted by atomic mass is 32.2. The first-order chi connectivity index (χ1) is 11.9. The fraction of sp³-hybridized carbons (Fsp3) is 0.588. The van der Waals surface area contributed by atoms with Crippen molar-refractivity contribution in [2.24, 2.45) is 5.92 Å². The Labute approximate surface area is 151 Å². The van der Waals surface area contributed by atoms with Gasteiger partial charge in [0.2, 0.25) is 0 Å². The number of hydrogen-bond acceptors (Lipinski definition) is 6. The lowest BCUT2D eigenvalue weighted by Gasteiger charge is -2.26. The second kappa shape index (κ2) is 8.12. The fourth-order valence-electron chi connectivity index (χ4n) is 2.81. The van der Waals surface area contributed by atoms with Crippen LogP contribution in [0.5, 0.6) is 0 Å². The average Bonchev–Trinajstić information content (AvgIpc) is 3.33. The number of carbonyl (C=O) groups is 1. The van der Waals surface area contributed by atoms with Gasteiger partial charge in [-0.1, -0.05) is 17.7 Å². The van der Waals surface area contributed by atoms with E-state index in [1.165, 1.54) is 0 Å². The molecule has 140 valence electrons. The Kier molecular flexibility index (Phi) is 6.60. The largest absolute Gasteiger partial charge is 0.466 e. The second-order valence-corrected chi connectivity index (χ2v) is 10.1. The van der Waals surface area contributed by atoms with Crippen molar-refractivity contribution >= 4 is 24.4 Å². The van der Waals surface area contributed by atoms with Gasteiger partial charge in [0, 0.05) is 4.90 Å². The Hall–Kier alpha value is -1.01. The zero-order chi connectivity index (χ0) is 18.7. The van der Waals surface area contributed by atoms with Crippen LogP contribution in [0.3, 0.4) is 0 Å².